The van der Waals surface area contributed by atoms with Crippen LogP contribution in [0.3, 0.4) is 0 Å². The van der Waals surface area contributed by atoms with E-state index in [1.807, 2.05) is 248 Å². The molecule has 0 radical (unpaired) electrons. The van der Waals surface area contributed by atoms with Gasteiger partial charge in [0.1, 0.15) is 56.4 Å². The number of nitrogens with one attached hydrogen (secondary N) is 2. The van der Waals surface area contributed by atoms with Crippen molar-refractivity contribution >= 4 is 111 Å². The second-order valence-electron chi connectivity index (χ2n) is 38.6. The first kappa shape index (κ1) is 94.6. The smallest absolute Gasteiger partial charge is 0.345 e. The van der Waals surface area contributed by atoms with Crippen molar-refractivity contribution in [3.8, 4) is 56.3 Å². The van der Waals surface area contributed by atoms with Gasteiger partial charge >= 0.3 is 28.1 Å². The standard InChI is InChI=1S/C24H26N4O2.2C23H24N4O2.2C22H22N4O2/c1-3-7-26-9-11-27(12-10-26)19-5-4-18-14-21(24(29)30-23(18)16-19)22-15-20-13-17(2)6-8-28(20)25-22;1-16-6-9-27-19(12-16)14-21(24-27)20-13-17-4-5-18(15-22(17)29-23(20)28)26-8-3-7-25(2)10-11-26;1-3-25-8-10-26(11-9-25)18-5-4-17-13-20(23(28)29-22(17)15-18)21-14-19-12-16(2)6-7-27(19)24-21;1-14-5-7-26-18(9-14)11-20(24-26)19-10-16-3-4-17(12-21(16)28-22(19)27)25-8-6-23-15(2)13-25;1-15-5-9-26-18(11-15)13-20(24-26)19-12-16-3-4-17(14-21(16)28-22(19)27)25-8-2-6-23-7-10-25/h4-6,8,13-16H,3,7,9-12H2,1-2H3;4-6,9,12-15H,3,7-8,10-11H2,1-2H3;4-7,12-15H,3,8-11H2,1-2H3;3-5,7,9-12,15,23H,6,8,13H2,1-2H3;3-5,9,11-14,23H,2,6-8,10H2,1H3/t;;;15-;/m...1./s1. The zero-order valence-electron chi connectivity index (χ0n) is 82.8. The Balaban J connectivity index is 0.000000106. The molecule has 5 aliphatic rings. The first-order valence-corrected chi connectivity index (χ1v) is 50.1. The summed E-state index contributed by atoms with van der Waals surface area (Å²) in [5.41, 5.74) is 22.9. The van der Waals surface area contributed by atoms with Crippen molar-refractivity contribution in [1.82, 2.24) is 73.4 Å². The third-order valence-electron chi connectivity index (χ3n) is 28.1. The van der Waals surface area contributed by atoms with Gasteiger partial charge in [0.2, 0.25) is 0 Å². The molecule has 30 nitrogen and oxygen atoms in total. The van der Waals surface area contributed by atoms with Gasteiger partial charge in [0.25, 0.3) is 0 Å². The summed E-state index contributed by atoms with van der Waals surface area (Å²) in [6, 6.07) is 70.2. The van der Waals surface area contributed by atoms with Gasteiger partial charge in [-0.1, -0.05) is 13.8 Å². The maximum Gasteiger partial charge on any atom is 0.345 e. The maximum absolute atomic E-state index is 12.7. The number of aryl methyl sites for hydroxylation is 5. The topological polar surface area (TPSA) is 288 Å². The lowest BCUT2D eigenvalue weighted by Gasteiger charge is -2.36. The van der Waals surface area contributed by atoms with E-state index < -0.39 is 0 Å². The molecule has 20 heterocycles. The predicted octanol–water partition coefficient (Wildman–Crippen LogP) is 17.5. The monoisotopic (exact) mass is 1930 g/mol. The molecule has 734 valence electrons. The van der Waals surface area contributed by atoms with Crippen molar-refractivity contribution in [2.75, 3.05) is 169 Å². The van der Waals surface area contributed by atoms with Crippen LogP contribution in [0.25, 0.3) is 139 Å². The molecule has 5 aliphatic heterocycles. The molecule has 0 unspecified atom stereocenters. The summed E-state index contributed by atoms with van der Waals surface area (Å²) < 4.78 is 37.4. The zero-order valence-corrected chi connectivity index (χ0v) is 82.8. The van der Waals surface area contributed by atoms with Crippen LogP contribution in [-0.2, 0) is 0 Å². The normalized spacial score (nSPS) is 15.9. The molecule has 0 bridgehead atoms. The Hall–Kier alpha value is -15.6. The lowest BCUT2D eigenvalue weighted by molar-refractivity contribution is 0.258. The fourth-order valence-corrected chi connectivity index (χ4v) is 20.0. The van der Waals surface area contributed by atoms with E-state index in [2.05, 4.69) is 133 Å². The van der Waals surface area contributed by atoms with Gasteiger partial charge < -0.3 is 67.0 Å². The SMILES string of the molecule is CCCN1CCN(c2ccc3cc(-c4cc5cc(C)ccn5n4)c(=O)oc3c2)CC1.CCN1CCN(c2ccc3cc(-c4cc5cc(C)ccn5n4)c(=O)oc3c2)CC1.Cc1ccn2nc(-c3cc4ccc(N5CCCN(C)CC5)cc4oc3=O)cc2c1.Cc1ccn2nc(-c3cc4ccc(N5CCCNCC5)cc4oc3=O)cc2c1.Cc1ccn2nc(-c3cc4ccc(N5CCN[C@H](C)C5)cc4oc3=O)cc2c1. The van der Waals surface area contributed by atoms with Crippen LogP contribution in [0.2, 0.25) is 0 Å². The van der Waals surface area contributed by atoms with Gasteiger partial charge in [-0.05, 0) is 304 Å². The van der Waals surface area contributed by atoms with Gasteiger partial charge in [-0.15, -0.1) is 0 Å². The van der Waals surface area contributed by atoms with Gasteiger partial charge in [-0.25, -0.2) is 46.5 Å². The third-order valence-corrected chi connectivity index (χ3v) is 28.1. The van der Waals surface area contributed by atoms with E-state index in [1.165, 1.54) is 6.42 Å². The van der Waals surface area contributed by atoms with Crippen LogP contribution in [-0.4, -0.2) is 213 Å². The molecule has 5 aromatic carbocycles. The number of piperazine rings is 3. The lowest BCUT2D eigenvalue weighted by Crippen LogP contribution is -2.49. The summed E-state index contributed by atoms with van der Waals surface area (Å²) >= 11 is 0. The number of hydrogen-bond acceptors (Lipinski definition) is 25. The zero-order chi connectivity index (χ0) is 98.9. The minimum absolute atomic E-state index is 0.354. The number of anilines is 5. The van der Waals surface area contributed by atoms with Crippen molar-refractivity contribution in [3.63, 3.8) is 0 Å². The molecule has 0 saturated carbocycles. The predicted molar refractivity (Wildman–Crippen MR) is 574 cm³/mol. The van der Waals surface area contributed by atoms with E-state index in [4.69, 9.17) is 22.1 Å². The average Bonchev–Trinajstić information content (AvgIpc) is 1.43. The van der Waals surface area contributed by atoms with Gasteiger partial charge in [-0.3, -0.25) is 4.90 Å². The molecule has 144 heavy (non-hydrogen) atoms. The van der Waals surface area contributed by atoms with Gasteiger partial charge in [0.05, 0.1) is 55.4 Å². The van der Waals surface area contributed by atoms with Crippen LogP contribution in [0.4, 0.5) is 28.4 Å². The van der Waals surface area contributed by atoms with E-state index >= 15 is 0 Å². The highest BCUT2D eigenvalue weighted by molar-refractivity contribution is 5.90. The van der Waals surface area contributed by atoms with E-state index in [0.29, 0.717) is 90.2 Å². The Morgan fingerprint density at radius 3 is 0.910 bits per heavy atom. The molecule has 30 heteroatoms. The van der Waals surface area contributed by atoms with Crippen molar-refractivity contribution in [2.24, 2.45) is 0 Å². The van der Waals surface area contributed by atoms with Crippen LogP contribution in [0.15, 0.2) is 289 Å². The summed E-state index contributed by atoms with van der Waals surface area (Å²) in [7, 11) is 2.16. The molecule has 1 atom stereocenters. The van der Waals surface area contributed by atoms with Gasteiger partial charge in [0, 0.05) is 234 Å². The second-order valence-corrected chi connectivity index (χ2v) is 38.6. The minimum Gasteiger partial charge on any atom is -0.422 e. The molecule has 2 N–H and O–H groups in total. The minimum atomic E-state index is -0.363. The van der Waals surface area contributed by atoms with Crippen LogP contribution in [0.5, 0.6) is 0 Å². The van der Waals surface area contributed by atoms with Crippen LogP contribution >= 0.6 is 0 Å². The number of pyridine rings is 5. The van der Waals surface area contributed by atoms with Crippen molar-refractivity contribution < 1.29 is 22.1 Å². The fourth-order valence-electron chi connectivity index (χ4n) is 20.0. The van der Waals surface area contributed by atoms with Crippen LogP contribution in [0.1, 0.15) is 67.9 Å². The summed E-state index contributed by atoms with van der Waals surface area (Å²) in [6.07, 6.45) is 12.9. The summed E-state index contributed by atoms with van der Waals surface area (Å²) in [6.45, 7) is 38.2. The van der Waals surface area contributed by atoms with Crippen molar-refractivity contribution in [1.29, 1.82) is 0 Å². The largest absolute Gasteiger partial charge is 0.422 e. The van der Waals surface area contributed by atoms with Crippen molar-refractivity contribution in [2.45, 2.75) is 80.7 Å². The number of hydrogen-bond donors (Lipinski definition) is 2. The van der Waals surface area contributed by atoms with Crippen LogP contribution in [0, 0.1) is 34.6 Å². The number of fused-ring (bicyclic) bond motifs is 10. The molecule has 0 aliphatic carbocycles. The number of aromatic nitrogens is 10. The first-order valence-electron chi connectivity index (χ1n) is 50.1. The number of nitrogens with zero attached hydrogens (tertiary/aromatic N) is 18. The highest BCUT2D eigenvalue weighted by atomic mass is 16.4. The molecule has 20 aromatic rings. The summed E-state index contributed by atoms with van der Waals surface area (Å²) in [5.74, 6) is 0. The Kier molecular flexibility index (Phi) is 27.0. The highest BCUT2D eigenvalue weighted by Crippen LogP contribution is 2.35. The number of benzene rings is 5. The highest BCUT2D eigenvalue weighted by Gasteiger charge is 2.26. The Labute approximate surface area is 830 Å². The molecule has 5 fully saturated rings. The Morgan fingerprint density at radius 2 is 0.590 bits per heavy atom. The molecular weight excluding hydrogens is 1810 g/mol. The summed E-state index contributed by atoms with van der Waals surface area (Å²) in [5, 5.41) is 34.1. The fraction of sp³-hybridized carbons (Fsp3) is 0.298. The molecule has 5 saturated heterocycles. The molecular formula is C114H118N20O10. The Bertz CT molecular complexity index is 8330. The third kappa shape index (κ3) is 20.8. The average molecular weight is 1930 g/mol. The second kappa shape index (κ2) is 41.2. The van der Waals surface area contributed by atoms with E-state index in [-0.39, 0.29) is 28.1 Å². The Morgan fingerprint density at radius 1 is 0.299 bits per heavy atom. The molecule has 15 aromatic heterocycles. The van der Waals surface area contributed by atoms with E-state index in [0.717, 1.165) is 261 Å². The first-order chi connectivity index (χ1) is 70.0. The van der Waals surface area contributed by atoms with Crippen molar-refractivity contribution in [3.05, 3.63) is 323 Å². The van der Waals surface area contributed by atoms with Gasteiger partial charge in [-0.2, -0.15) is 25.5 Å². The molecule has 0 amide bonds. The van der Waals surface area contributed by atoms with Crippen LogP contribution < -0.4 is 63.3 Å². The quantitative estimate of drug-likeness (QED) is 0.101. The molecule has 0 spiro atoms. The number of likely N-dealkylation sites (N-methyl/N-ethyl adjacent to an activating group) is 2. The summed E-state index contributed by atoms with van der Waals surface area (Å²) in [4.78, 5) is 82.6. The van der Waals surface area contributed by atoms with E-state index in [1.54, 1.807) is 22.6 Å². The maximum atomic E-state index is 12.7. The molecule has 25 rings (SSSR count). The van der Waals surface area contributed by atoms with E-state index in [9.17, 15) is 24.0 Å². The lowest BCUT2D eigenvalue weighted by atomic mass is 10.1. The number of rotatable bonds is 13. The van der Waals surface area contributed by atoms with Gasteiger partial charge in [0.15, 0.2) is 0 Å².